The Hall–Kier alpha value is -3.23. The van der Waals surface area contributed by atoms with Gasteiger partial charge in [-0.1, -0.05) is 31.4 Å². The molecular weight excluding hydrogens is 586 g/mol. The number of nitrogens with zero attached hydrogens (tertiary/aromatic N) is 5. The normalized spacial score (nSPS) is 28.2. The molecule has 47 heavy (non-hydrogen) atoms. The Morgan fingerprint density at radius 1 is 1.02 bits per heavy atom. The lowest BCUT2D eigenvalue weighted by Crippen LogP contribution is -2.70. The molecule has 1 aromatic carbocycles. The van der Waals surface area contributed by atoms with Crippen molar-refractivity contribution < 1.29 is 14.6 Å². The lowest BCUT2D eigenvalue weighted by Gasteiger charge is -2.56. The van der Waals surface area contributed by atoms with Gasteiger partial charge in [0.25, 0.3) is 0 Å². The number of anilines is 1. The maximum Gasteiger partial charge on any atom is 0.248 e. The van der Waals surface area contributed by atoms with Crippen LogP contribution in [0.2, 0.25) is 0 Å². The van der Waals surface area contributed by atoms with Gasteiger partial charge >= 0.3 is 0 Å². The maximum atomic E-state index is 14.8. The zero-order chi connectivity index (χ0) is 33.0. The smallest absolute Gasteiger partial charge is 0.248 e. The molecule has 5 aliphatic rings. The van der Waals surface area contributed by atoms with Gasteiger partial charge in [0.2, 0.25) is 5.91 Å². The molecule has 2 aromatic heterocycles. The molecule has 8 heteroatoms. The topological polar surface area (TPSA) is 83.7 Å². The van der Waals surface area contributed by atoms with Crippen molar-refractivity contribution in [2.45, 2.75) is 127 Å². The first-order valence-corrected chi connectivity index (χ1v) is 17.9. The van der Waals surface area contributed by atoms with Crippen LogP contribution in [0.4, 0.5) is 5.82 Å². The Morgan fingerprint density at radius 2 is 1.74 bits per heavy atom. The number of aromatic nitrogens is 3. The number of methoxy groups -OCH3 is 1. The van der Waals surface area contributed by atoms with Crippen molar-refractivity contribution in [3.05, 3.63) is 60.0 Å². The second-order valence-electron chi connectivity index (χ2n) is 16.1. The summed E-state index contributed by atoms with van der Waals surface area (Å²) in [5.74, 6) is 1.63. The van der Waals surface area contributed by atoms with Crippen LogP contribution in [-0.4, -0.2) is 69.1 Å². The molecule has 8 nitrogen and oxygen atoms in total. The van der Waals surface area contributed by atoms with Crippen LogP contribution in [0.1, 0.15) is 103 Å². The van der Waals surface area contributed by atoms with E-state index in [9.17, 15) is 9.90 Å². The number of β-amino-alcohol motifs (C(OH)–C–C–N with tert-alkyl or cyclic N) is 1. The van der Waals surface area contributed by atoms with E-state index < -0.39 is 12.1 Å². The van der Waals surface area contributed by atoms with Crippen molar-refractivity contribution in [3.63, 3.8) is 0 Å². The summed E-state index contributed by atoms with van der Waals surface area (Å²) in [7, 11) is 1.74. The number of benzene rings is 1. The molecule has 0 spiro atoms. The second kappa shape index (κ2) is 12.3. The average Bonchev–Trinajstić information content (AvgIpc) is 3.59. The van der Waals surface area contributed by atoms with E-state index in [4.69, 9.17) is 9.72 Å². The Balaban J connectivity index is 1.18. The number of hydrogen-bond donors (Lipinski definition) is 1. The Kier molecular flexibility index (Phi) is 8.49. The number of ether oxygens (including phenoxy) is 1. The van der Waals surface area contributed by atoms with E-state index in [2.05, 4.69) is 68.2 Å². The molecule has 252 valence electrons. The van der Waals surface area contributed by atoms with Gasteiger partial charge in [-0.25, -0.2) is 4.98 Å². The number of hydrogen-bond acceptors (Lipinski definition) is 6. The first-order chi connectivity index (χ1) is 22.5. The summed E-state index contributed by atoms with van der Waals surface area (Å²) in [6.07, 6.45) is 17.7. The number of carbonyl (C=O) groups is 1. The van der Waals surface area contributed by atoms with Crippen LogP contribution in [0.15, 0.2) is 48.9 Å². The fourth-order valence-corrected chi connectivity index (χ4v) is 9.10. The third-order valence-corrected chi connectivity index (χ3v) is 12.2. The fourth-order valence-electron chi connectivity index (χ4n) is 9.10. The summed E-state index contributed by atoms with van der Waals surface area (Å²) in [5.41, 5.74) is 4.75. The summed E-state index contributed by atoms with van der Waals surface area (Å²) in [6.45, 7) is 9.79. The third-order valence-electron chi connectivity index (χ3n) is 12.2. The lowest BCUT2D eigenvalue weighted by molar-refractivity contribution is -0.147. The van der Waals surface area contributed by atoms with Gasteiger partial charge in [0.15, 0.2) is 0 Å². The maximum absolute atomic E-state index is 14.8. The molecule has 3 aromatic rings. The number of aryl methyl sites for hydroxylation is 1. The van der Waals surface area contributed by atoms with Crippen molar-refractivity contribution in [2.75, 3.05) is 25.1 Å². The van der Waals surface area contributed by atoms with Crippen LogP contribution in [0, 0.1) is 12.3 Å². The standard InChI is InChI=1S/C39H53N5O3/c1-27-21-30(11-12-33(27)47-5)39-17-14-38(15-18-39,16-19-39)26-43(36(46)35-32(45)25-42(35)31-9-7-6-8-10-31)34-22-28(13-20-40-34)29-23-41-44(24-29)37(2,3)4/h11-13,20-24,31-32,35,45H,6-10,14-19,25-26H2,1-5H3. The zero-order valence-corrected chi connectivity index (χ0v) is 29.0. The quantitative estimate of drug-likeness (QED) is 0.285. The number of aliphatic hydroxyl groups is 1. The molecule has 1 amide bonds. The number of likely N-dealkylation sites (tertiary alicyclic amines) is 1. The molecule has 2 unspecified atom stereocenters. The number of amides is 1. The molecule has 2 bridgehead atoms. The van der Waals surface area contributed by atoms with Crippen molar-refractivity contribution in [1.29, 1.82) is 0 Å². The minimum absolute atomic E-state index is 0.00641. The van der Waals surface area contributed by atoms with Gasteiger partial charge in [0, 0.05) is 37.1 Å². The zero-order valence-electron chi connectivity index (χ0n) is 29.0. The van der Waals surface area contributed by atoms with Gasteiger partial charge in [-0.3, -0.25) is 19.3 Å². The van der Waals surface area contributed by atoms with Crippen molar-refractivity contribution in [2.24, 2.45) is 5.41 Å². The van der Waals surface area contributed by atoms with Gasteiger partial charge in [0.05, 0.1) is 24.9 Å². The van der Waals surface area contributed by atoms with E-state index in [-0.39, 0.29) is 22.3 Å². The molecule has 1 N–H and O–H groups in total. The van der Waals surface area contributed by atoms with Crippen LogP contribution in [-0.2, 0) is 15.7 Å². The van der Waals surface area contributed by atoms with Crippen LogP contribution >= 0.6 is 0 Å². The highest BCUT2D eigenvalue weighted by atomic mass is 16.5. The molecule has 1 saturated heterocycles. The van der Waals surface area contributed by atoms with Gasteiger partial charge < -0.3 is 9.84 Å². The monoisotopic (exact) mass is 639 g/mol. The third kappa shape index (κ3) is 6.01. The highest BCUT2D eigenvalue weighted by Gasteiger charge is 2.53. The van der Waals surface area contributed by atoms with E-state index in [1.54, 1.807) is 7.11 Å². The highest BCUT2D eigenvalue weighted by Crippen LogP contribution is 2.58. The largest absolute Gasteiger partial charge is 0.496 e. The van der Waals surface area contributed by atoms with Crippen LogP contribution in [0.3, 0.4) is 0 Å². The van der Waals surface area contributed by atoms with Crippen molar-refractivity contribution in [3.8, 4) is 16.9 Å². The first kappa shape index (κ1) is 32.3. The fraction of sp³-hybridized carbons (Fsp3) is 0.615. The van der Waals surface area contributed by atoms with E-state index >= 15 is 0 Å². The van der Waals surface area contributed by atoms with Crippen LogP contribution in [0.25, 0.3) is 11.1 Å². The highest BCUT2D eigenvalue weighted by molar-refractivity contribution is 5.98. The number of pyridine rings is 1. The number of carbonyl (C=O) groups excluding carboxylic acids is 1. The van der Waals surface area contributed by atoms with Crippen LogP contribution in [0.5, 0.6) is 5.75 Å². The summed E-state index contributed by atoms with van der Waals surface area (Å²) in [4.78, 5) is 23.9. The van der Waals surface area contributed by atoms with Crippen molar-refractivity contribution in [1.82, 2.24) is 19.7 Å². The molecule has 4 aliphatic carbocycles. The van der Waals surface area contributed by atoms with E-state index in [0.717, 1.165) is 68.2 Å². The molecular formula is C39H53N5O3. The Morgan fingerprint density at radius 3 is 2.36 bits per heavy atom. The molecule has 0 radical (unpaired) electrons. The van der Waals surface area contributed by atoms with Crippen molar-refractivity contribution >= 4 is 11.7 Å². The molecule has 5 fully saturated rings. The van der Waals surface area contributed by atoms with Gasteiger partial charge in [-0.15, -0.1) is 0 Å². The van der Waals surface area contributed by atoms with E-state index in [1.807, 2.05) is 28.0 Å². The predicted octanol–water partition coefficient (Wildman–Crippen LogP) is 7.02. The molecule has 2 atom stereocenters. The molecule has 4 saturated carbocycles. The SMILES string of the molecule is COc1ccc(C23CCC(CN(C(=O)C4C(O)CN4C4CCCCC4)c4cc(-c5cnn(C(C)(C)C)c5)ccn4)(CC2)CC3)cc1C. The van der Waals surface area contributed by atoms with E-state index in [0.29, 0.717) is 24.9 Å². The Bertz CT molecular complexity index is 1580. The number of aliphatic hydroxyl groups excluding tert-OH is 1. The molecule has 3 heterocycles. The summed E-state index contributed by atoms with van der Waals surface area (Å²) >= 11 is 0. The first-order valence-electron chi connectivity index (χ1n) is 17.9. The second-order valence-corrected chi connectivity index (χ2v) is 16.1. The summed E-state index contributed by atoms with van der Waals surface area (Å²) in [6, 6.07) is 10.7. The average molecular weight is 640 g/mol. The minimum atomic E-state index is -0.638. The van der Waals surface area contributed by atoms with E-state index in [1.165, 1.54) is 30.4 Å². The summed E-state index contributed by atoms with van der Waals surface area (Å²) < 4.78 is 7.54. The summed E-state index contributed by atoms with van der Waals surface area (Å²) in [5, 5.41) is 15.7. The lowest BCUT2D eigenvalue weighted by atomic mass is 9.51. The predicted molar refractivity (Wildman–Crippen MR) is 186 cm³/mol. The van der Waals surface area contributed by atoms with Gasteiger partial charge in [0.1, 0.15) is 17.6 Å². The Labute approximate surface area is 280 Å². The number of rotatable bonds is 8. The molecule has 8 rings (SSSR count). The minimum Gasteiger partial charge on any atom is -0.496 e. The number of fused-ring (bicyclic) bond motifs is 3. The molecule has 1 aliphatic heterocycles. The van der Waals surface area contributed by atoms with Gasteiger partial charge in [-0.2, -0.15) is 5.10 Å². The van der Waals surface area contributed by atoms with Crippen LogP contribution < -0.4 is 9.64 Å². The van der Waals surface area contributed by atoms with Gasteiger partial charge in [-0.05, 0) is 125 Å².